The van der Waals surface area contributed by atoms with Crippen molar-refractivity contribution >= 4 is 11.9 Å². The lowest BCUT2D eigenvalue weighted by atomic mass is 10.2. The van der Waals surface area contributed by atoms with E-state index < -0.39 is 5.97 Å². The molecule has 0 aliphatic carbocycles. The topological polar surface area (TPSA) is 83.6 Å². The summed E-state index contributed by atoms with van der Waals surface area (Å²) in [6, 6.07) is 1.38. The van der Waals surface area contributed by atoms with E-state index in [-0.39, 0.29) is 30.6 Å². The van der Waals surface area contributed by atoms with Crippen LogP contribution in [0.5, 0.6) is 0 Å². The zero-order chi connectivity index (χ0) is 12.1. The van der Waals surface area contributed by atoms with Gasteiger partial charge in [0.2, 0.25) is 0 Å². The molecule has 6 nitrogen and oxygen atoms in total. The van der Waals surface area contributed by atoms with Gasteiger partial charge in [0.25, 0.3) is 5.91 Å². The van der Waals surface area contributed by atoms with Gasteiger partial charge in [0.15, 0.2) is 5.69 Å². The van der Waals surface area contributed by atoms with Crippen molar-refractivity contribution in [2.45, 2.75) is 26.3 Å². The fourth-order valence-corrected chi connectivity index (χ4v) is 1.28. The van der Waals surface area contributed by atoms with Gasteiger partial charge in [-0.15, -0.1) is 0 Å². The second kappa shape index (κ2) is 5.29. The largest absolute Gasteiger partial charge is 0.481 e. The van der Waals surface area contributed by atoms with Crippen LogP contribution in [0.2, 0.25) is 0 Å². The Morgan fingerprint density at radius 3 is 2.69 bits per heavy atom. The number of carbonyl (C=O) groups is 2. The Morgan fingerprint density at radius 2 is 2.25 bits per heavy atom. The molecule has 1 amide bonds. The summed E-state index contributed by atoms with van der Waals surface area (Å²) in [6.07, 6.45) is 1.23. The molecule has 88 valence electrons. The Bertz CT molecular complexity index is 359. The minimum atomic E-state index is -0.932. The SMILES string of the molecule is CC(C)N(CCC(=O)O)C(=O)c1ccon1. The van der Waals surface area contributed by atoms with Gasteiger partial charge in [-0.1, -0.05) is 5.16 Å². The normalized spacial score (nSPS) is 10.4. The van der Waals surface area contributed by atoms with Gasteiger partial charge in [0.05, 0.1) is 6.42 Å². The number of hydrogen-bond acceptors (Lipinski definition) is 4. The molecule has 1 aromatic heterocycles. The Hall–Kier alpha value is -1.85. The first-order chi connectivity index (χ1) is 7.52. The molecule has 6 heteroatoms. The fraction of sp³-hybridized carbons (Fsp3) is 0.500. The lowest BCUT2D eigenvalue weighted by molar-refractivity contribution is -0.137. The number of hydrogen-bond donors (Lipinski definition) is 1. The monoisotopic (exact) mass is 226 g/mol. The summed E-state index contributed by atoms with van der Waals surface area (Å²) in [6.45, 7) is 3.80. The van der Waals surface area contributed by atoms with Gasteiger partial charge >= 0.3 is 5.97 Å². The van der Waals surface area contributed by atoms with Crippen LogP contribution in [0.25, 0.3) is 0 Å². The molecule has 1 N–H and O–H groups in total. The Balaban J connectivity index is 2.70. The van der Waals surface area contributed by atoms with E-state index in [0.29, 0.717) is 0 Å². The number of aromatic nitrogens is 1. The third kappa shape index (κ3) is 3.08. The van der Waals surface area contributed by atoms with Crippen molar-refractivity contribution in [1.29, 1.82) is 0 Å². The molecule has 0 radical (unpaired) electrons. The summed E-state index contributed by atoms with van der Waals surface area (Å²) < 4.78 is 4.58. The molecule has 0 fully saturated rings. The van der Waals surface area contributed by atoms with Crippen LogP contribution < -0.4 is 0 Å². The predicted molar refractivity (Wildman–Crippen MR) is 54.9 cm³/mol. The van der Waals surface area contributed by atoms with Crippen LogP contribution in [0.4, 0.5) is 0 Å². The van der Waals surface area contributed by atoms with Crippen molar-refractivity contribution in [3.8, 4) is 0 Å². The van der Waals surface area contributed by atoms with Gasteiger partial charge in [0, 0.05) is 18.7 Å². The van der Waals surface area contributed by atoms with Crippen LogP contribution in [-0.4, -0.2) is 39.6 Å². The van der Waals surface area contributed by atoms with Crippen LogP contribution in [0.3, 0.4) is 0 Å². The number of nitrogens with zero attached hydrogens (tertiary/aromatic N) is 2. The average Bonchev–Trinajstić information content (AvgIpc) is 2.69. The van der Waals surface area contributed by atoms with Gasteiger partial charge in [0.1, 0.15) is 6.26 Å². The number of carbonyl (C=O) groups excluding carboxylic acids is 1. The van der Waals surface area contributed by atoms with Crippen molar-refractivity contribution in [2.24, 2.45) is 0 Å². The highest BCUT2D eigenvalue weighted by atomic mass is 16.5. The van der Waals surface area contributed by atoms with E-state index in [9.17, 15) is 9.59 Å². The van der Waals surface area contributed by atoms with E-state index in [1.54, 1.807) is 0 Å². The first-order valence-electron chi connectivity index (χ1n) is 4.95. The number of amides is 1. The zero-order valence-corrected chi connectivity index (χ0v) is 9.21. The second-order valence-electron chi connectivity index (χ2n) is 3.62. The van der Waals surface area contributed by atoms with Gasteiger partial charge in [-0.3, -0.25) is 9.59 Å². The van der Waals surface area contributed by atoms with Gasteiger partial charge in [-0.25, -0.2) is 0 Å². The minimum Gasteiger partial charge on any atom is -0.481 e. The summed E-state index contributed by atoms with van der Waals surface area (Å²) in [5.74, 6) is -1.25. The maximum atomic E-state index is 11.9. The van der Waals surface area contributed by atoms with Crippen molar-refractivity contribution in [3.63, 3.8) is 0 Å². The predicted octanol–water partition coefficient (Wildman–Crippen LogP) is 1.000. The van der Waals surface area contributed by atoms with Crippen molar-refractivity contribution in [1.82, 2.24) is 10.1 Å². The first kappa shape index (κ1) is 12.2. The molecule has 16 heavy (non-hydrogen) atoms. The number of aliphatic carboxylic acids is 1. The molecule has 0 saturated heterocycles. The standard InChI is InChI=1S/C10H14N2O4/c1-7(2)12(5-3-9(13)14)10(15)8-4-6-16-11-8/h4,6-7H,3,5H2,1-2H3,(H,13,14). The van der Waals surface area contributed by atoms with E-state index >= 15 is 0 Å². The summed E-state index contributed by atoms with van der Waals surface area (Å²) in [5.41, 5.74) is 0.194. The summed E-state index contributed by atoms with van der Waals surface area (Å²) in [7, 11) is 0. The minimum absolute atomic E-state index is 0.0800. The highest BCUT2D eigenvalue weighted by Crippen LogP contribution is 2.07. The molecular weight excluding hydrogens is 212 g/mol. The molecule has 0 unspecified atom stereocenters. The van der Waals surface area contributed by atoms with Crippen LogP contribution >= 0.6 is 0 Å². The van der Waals surface area contributed by atoms with Gasteiger partial charge < -0.3 is 14.5 Å². The molecule has 0 atom stereocenters. The highest BCUT2D eigenvalue weighted by Gasteiger charge is 2.21. The maximum Gasteiger partial charge on any atom is 0.305 e. The third-order valence-corrected chi connectivity index (χ3v) is 2.11. The van der Waals surface area contributed by atoms with Crippen molar-refractivity contribution < 1.29 is 19.2 Å². The first-order valence-corrected chi connectivity index (χ1v) is 4.95. The molecule has 0 aliphatic rings. The molecule has 0 aromatic carbocycles. The molecule has 0 saturated carbocycles. The Kier molecular flexibility index (Phi) is 4.04. The number of carboxylic acid groups (broad SMARTS) is 1. The smallest absolute Gasteiger partial charge is 0.305 e. The van der Waals surface area contributed by atoms with Crippen LogP contribution in [0.1, 0.15) is 30.8 Å². The van der Waals surface area contributed by atoms with E-state index in [4.69, 9.17) is 5.11 Å². The molecular formula is C10H14N2O4. The summed E-state index contributed by atoms with van der Waals surface area (Å²) >= 11 is 0. The van der Waals surface area contributed by atoms with E-state index in [1.807, 2.05) is 13.8 Å². The fourth-order valence-electron chi connectivity index (χ4n) is 1.28. The van der Waals surface area contributed by atoms with E-state index in [2.05, 4.69) is 9.68 Å². The van der Waals surface area contributed by atoms with Crippen LogP contribution in [0.15, 0.2) is 16.9 Å². The summed E-state index contributed by atoms with van der Waals surface area (Å²) in [4.78, 5) is 23.8. The molecule has 0 bridgehead atoms. The molecule has 0 spiro atoms. The van der Waals surface area contributed by atoms with Gasteiger partial charge in [-0.2, -0.15) is 0 Å². The number of carboxylic acids is 1. The van der Waals surface area contributed by atoms with Crippen molar-refractivity contribution in [3.05, 3.63) is 18.0 Å². The lowest BCUT2D eigenvalue weighted by Crippen LogP contribution is -2.38. The average molecular weight is 226 g/mol. The zero-order valence-electron chi connectivity index (χ0n) is 9.21. The lowest BCUT2D eigenvalue weighted by Gasteiger charge is -2.24. The molecule has 1 aromatic rings. The second-order valence-corrected chi connectivity index (χ2v) is 3.62. The third-order valence-electron chi connectivity index (χ3n) is 2.11. The maximum absolute atomic E-state index is 11.9. The number of rotatable bonds is 5. The van der Waals surface area contributed by atoms with Crippen molar-refractivity contribution in [2.75, 3.05) is 6.54 Å². The highest BCUT2D eigenvalue weighted by molar-refractivity contribution is 5.92. The van der Waals surface area contributed by atoms with E-state index in [1.165, 1.54) is 17.2 Å². The molecule has 1 rings (SSSR count). The Morgan fingerprint density at radius 1 is 1.56 bits per heavy atom. The molecule has 1 heterocycles. The molecule has 0 aliphatic heterocycles. The van der Waals surface area contributed by atoms with Crippen LogP contribution in [-0.2, 0) is 4.79 Å². The summed E-state index contributed by atoms with van der Waals surface area (Å²) in [5, 5.41) is 12.1. The Labute approximate surface area is 92.8 Å². The van der Waals surface area contributed by atoms with E-state index in [0.717, 1.165) is 0 Å². The van der Waals surface area contributed by atoms with Gasteiger partial charge in [-0.05, 0) is 13.8 Å². The quantitative estimate of drug-likeness (QED) is 0.809. The van der Waals surface area contributed by atoms with Crippen LogP contribution in [0, 0.1) is 0 Å².